The van der Waals surface area contributed by atoms with E-state index in [-0.39, 0.29) is 5.54 Å². The van der Waals surface area contributed by atoms with Gasteiger partial charge in [-0.1, -0.05) is 18.7 Å². The molecular formula is C14H20N2O2S. The summed E-state index contributed by atoms with van der Waals surface area (Å²) in [6, 6.07) is 5.73. The number of nitrogens with one attached hydrogen (secondary N) is 1. The molecule has 4 nitrogen and oxygen atoms in total. The number of aliphatic imine (C=N–C) groups is 1. The second kappa shape index (κ2) is 5.74. The van der Waals surface area contributed by atoms with Gasteiger partial charge in [-0.05, 0) is 13.3 Å². The molecule has 1 aromatic rings. The molecule has 5 heteroatoms. The van der Waals surface area contributed by atoms with Crippen LogP contribution in [0.25, 0.3) is 0 Å². The number of thioether (sulfide) groups is 1. The van der Waals surface area contributed by atoms with E-state index in [0.717, 1.165) is 34.5 Å². The lowest BCUT2D eigenvalue weighted by molar-refractivity contribution is 0.395. The van der Waals surface area contributed by atoms with Crippen molar-refractivity contribution in [2.24, 2.45) is 4.99 Å². The fraction of sp³-hybridized carbons (Fsp3) is 0.500. The first kappa shape index (κ1) is 14.1. The van der Waals surface area contributed by atoms with Crippen molar-refractivity contribution >= 4 is 22.6 Å². The van der Waals surface area contributed by atoms with Crippen LogP contribution in [-0.4, -0.2) is 30.7 Å². The minimum absolute atomic E-state index is 0.0515. The lowest BCUT2D eigenvalue weighted by Crippen LogP contribution is -2.20. The third-order valence-electron chi connectivity index (χ3n) is 3.26. The summed E-state index contributed by atoms with van der Waals surface area (Å²) in [5.74, 6) is 2.56. The van der Waals surface area contributed by atoms with E-state index in [1.54, 1.807) is 26.0 Å². The Morgan fingerprint density at radius 2 is 1.89 bits per heavy atom. The average Bonchev–Trinajstić information content (AvgIpc) is 2.80. The molecule has 0 aliphatic carbocycles. The van der Waals surface area contributed by atoms with E-state index in [4.69, 9.17) is 14.5 Å². The van der Waals surface area contributed by atoms with Crippen LogP contribution in [-0.2, 0) is 0 Å². The Morgan fingerprint density at radius 1 is 1.26 bits per heavy atom. The largest absolute Gasteiger partial charge is 0.497 e. The van der Waals surface area contributed by atoms with Crippen molar-refractivity contribution in [1.82, 2.24) is 0 Å². The van der Waals surface area contributed by atoms with Crippen LogP contribution in [0.3, 0.4) is 0 Å². The normalized spacial score (nSPS) is 22.0. The van der Waals surface area contributed by atoms with E-state index in [0.29, 0.717) is 0 Å². The van der Waals surface area contributed by atoms with Crippen molar-refractivity contribution in [2.75, 3.05) is 25.3 Å². The monoisotopic (exact) mass is 280 g/mol. The zero-order valence-electron chi connectivity index (χ0n) is 11.8. The summed E-state index contributed by atoms with van der Waals surface area (Å²) >= 11 is 1.75. The van der Waals surface area contributed by atoms with Crippen LogP contribution >= 0.6 is 11.8 Å². The topological polar surface area (TPSA) is 42.8 Å². The number of rotatable bonds is 4. The Kier molecular flexibility index (Phi) is 4.24. The van der Waals surface area contributed by atoms with Crippen LogP contribution in [0.2, 0.25) is 0 Å². The second-order valence-electron chi connectivity index (χ2n) is 4.78. The van der Waals surface area contributed by atoms with Crippen molar-refractivity contribution in [3.63, 3.8) is 0 Å². The van der Waals surface area contributed by atoms with Gasteiger partial charge in [0, 0.05) is 29.6 Å². The molecule has 0 fully saturated rings. The Bertz CT molecular complexity index is 468. The van der Waals surface area contributed by atoms with Gasteiger partial charge in [0.05, 0.1) is 19.8 Å². The Labute approximate surface area is 118 Å². The van der Waals surface area contributed by atoms with Crippen LogP contribution in [0.1, 0.15) is 20.3 Å². The average molecular weight is 280 g/mol. The minimum Gasteiger partial charge on any atom is -0.497 e. The van der Waals surface area contributed by atoms with Gasteiger partial charge in [0.25, 0.3) is 0 Å². The maximum Gasteiger partial charge on any atom is 0.161 e. The molecule has 1 heterocycles. The fourth-order valence-corrected chi connectivity index (χ4v) is 2.97. The van der Waals surface area contributed by atoms with Gasteiger partial charge >= 0.3 is 0 Å². The van der Waals surface area contributed by atoms with Crippen molar-refractivity contribution in [1.29, 1.82) is 0 Å². The maximum absolute atomic E-state index is 5.26. The molecule has 0 aromatic heterocycles. The Hall–Kier alpha value is -1.36. The van der Waals surface area contributed by atoms with Crippen LogP contribution in [0.15, 0.2) is 23.2 Å². The van der Waals surface area contributed by atoms with E-state index >= 15 is 0 Å². The van der Waals surface area contributed by atoms with E-state index < -0.39 is 0 Å². The van der Waals surface area contributed by atoms with Gasteiger partial charge in [-0.3, -0.25) is 4.99 Å². The predicted octanol–water partition coefficient (Wildman–Crippen LogP) is 3.39. The van der Waals surface area contributed by atoms with Gasteiger partial charge in [0.15, 0.2) is 5.17 Å². The first-order valence-electron chi connectivity index (χ1n) is 6.31. The highest BCUT2D eigenvalue weighted by atomic mass is 32.2. The lowest BCUT2D eigenvalue weighted by Gasteiger charge is -2.15. The Morgan fingerprint density at radius 3 is 2.37 bits per heavy atom. The van der Waals surface area contributed by atoms with E-state index in [1.165, 1.54) is 0 Å². The molecule has 2 rings (SSSR count). The molecule has 0 saturated heterocycles. The van der Waals surface area contributed by atoms with E-state index in [9.17, 15) is 0 Å². The molecule has 104 valence electrons. The smallest absolute Gasteiger partial charge is 0.161 e. The molecule has 0 bridgehead atoms. The molecule has 19 heavy (non-hydrogen) atoms. The van der Waals surface area contributed by atoms with E-state index in [1.807, 2.05) is 18.2 Å². The SMILES string of the molecule is CCC1(C)CSC(Nc2cc(OC)cc(OC)c2)=N1. The number of nitrogens with zero attached hydrogens (tertiary/aromatic N) is 1. The fourth-order valence-electron chi connectivity index (χ4n) is 1.78. The highest BCUT2D eigenvalue weighted by Gasteiger charge is 2.28. The molecule has 1 N–H and O–H groups in total. The van der Waals surface area contributed by atoms with Gasteiger partial charge in [0.2, 0.25) is 0 Å². The molecule has 1 aromatic carbocycles. The number of hydrogen-bond donors (Lipinski definition) is 1. The molecule has 0 radical (unpaired) electrons. The van der Waals surface area contributed by atoms with Crippen molar-refractivity contribution in [2.45, 2.75) is 25.8 Å². The lowest BCUT2D eigenvalue weighted by atomic mass is 10.0. The van der Waals surface area contributed by atoms with Crippen LogP contribution in [0, 0.1) is 0 Å². The third-order valence-corrected chi connectivity index (χ3v) is 4.49. The van der Waals surface area contributed by atoms with Crippen LogP contribution in [0.4, 0.5) is 5.69 Å². The zero-order chi connectivity index (χ0) is 13.9. The molecular weight excluding hydrogens is 260 g/mol. The van der Waals surface area contributed by atoms with Crippen molar-refractivity contribution < 1.29 is 9.47 Å². The summed E-state index contributed by atoms with van der Waals surface area (Å²) in [5.41, 5.74) is 0.985. The van der Waals surface area contributed by atoms with E-state index in [2.05, 4.69) is 19.2 Å². The van der Waals surface area contributed by atoms with Gasteiger partial charge in [-0.25, -0.2) is 0 Å². The molecule has 0 spiro atoms. The molecule has 0 amide bonds. The summed E-state index contributed by atoms with van der Waals surface area (Å²) in [4.78, 5) is 4.73. The number of benzene rings is 1. The first-order chi connectivity index (χ1) is 9.08. The van der Waals surface area contributed by atoms with Crippen molar-refractivity contribution in [3.05, 3.63) is 18.2 Å². The van der Waals surface area contributed by atoms with Gasteiger partial charge in [-0.2, -0.15) is 0 Å². The molecule has 0 saturated carbocycles. The summed E-state index contributed by atoms with van der Waals surface area (Å²) in [5, 5.41) is 4.29. The van der Waals surface area contributed by atoms with Crippen molar-refractivity contribution in [3.8, 4) is 11.5 Å². The third kappa shape index (κ3) is 3.35. The molecule has 1 aliphatic heterocycles. The number of ether oxygens (including phenoxy) is 2. The first-order valence-corrected chi connectivity index (χ1v) is 7.30. The summed E-state index contributed by atoms with van der Waals surface area (Å²) in [6.45, 7) is 4.35. The highest BCUT2D eigenvalue weighted by molar-refractivity contribution is 8.14. The maximum atomic E-state index is 5.26. The Balaban J connectivity index is 2.17. The summed E-state index contributed by atoms with van der Waals surface area (Å²) in [6.07, 6.45) is 1.05. The van der Waals surface area contributed by atoms with Crippen LogP contribution < -0.4 is 14.8 Å². The second-order valence-corrected chi connectivity index (χ2v) is 5.75. The standard InChI is InChI=1S/C14H20N2O2S/c1-5-14(2)9-19-13(16-14)15-10-6-11(17-3)8-12(7-10)18-4/h6-8H,5,9H2,1-4H3,(H,15,16). The number of anilines is 1. The summed E-state index contributed by atoms with van der Waals surface area (Å²) in [7, 11) is 3.29. The van der Waals surface area contributed by atoms with Gasteiger partial charge in [-0.15, -0.1) is 0 Å². The van der Waals surface area contributed by atoms with Gasteiger partial charge < -0.3 is 14.8 Å². The quantitative estimate of drug-likeness (QED) is 0.918. The van der Waals surface area contributed by atoms with Crippen LogP contribution in [0.5, 0.6) is 11.5 Å². The molecule has 1 aliphatic rings. The highest BCUT2D eigenvalue weighted by Crippen LogP contribution is 2.32. The zero-order valence-corrected chi connectivity index (χ0v) is 12.6. The van der Waals surface area contributed by atoms with Gasteiger partial charge in [0.1, 0.15) is 11.5 Å². The number of hydrogen-bond acceptors (Lipinski definition) is 5. The summed E-state index contributed by atoms with van der Waals surface area (Å²) < 4.78 is 10.5. The molecule has 1 unspecified atom stereocenters. The minimum atomic E-state index is 0.0515. The molecule has 1 atom stereocenters. The number of amidine groups is 1. The predicted molar refractivity (Wildman–Crippen MR) is 81.8 cm³/mol. The number of methoxy groups -OCH3 is 2.